The summed E-state index contributed by atoms with van der Waals surface area (Å²) in [5.74, 6) is -0.909. The van der Waals surface area contributed by atoms with Gasteiger partial charge >= 0.3 is 10.2 Å². The van der Waals surface area contributed by atoms with E-state index in [0.717, 1.165) is 0 Å². The van der Waals surface area contributed by atoms with Crippen molar-refractivity contribution < 1.29 is 21.9 Å². The number of amides is 2. The molecule has 0 aliphatic carbocycles. The lowest BCUT2D eigenvalue weighted by Crippen LogP contribution is -2.30. The molecule has 6 nitrogen and oxygen atoms in total. The molecule has 1 aliphatic rings. The van der Waals surface area contributed by atoms with Gasteiger partial charge in [-0.3, -0.25) is 9.59 Å². The largest absolute Gasteiger partial charge is 0.355 e. The molecule has 1 aromatic rings. The van der Waals surface area contributed by atoms with Gasteiger partial charge in [0.05, 0.1) is 11.3 Å². The summed E-state index contributed by atoms with van der Waals surface area (Å²) in [5, 5.41) is 1.07. The Balaban J connectivity index is 2.48. The van der Waals surface area contributed by atoms with Crippen LogP contribution in [0.15, 0.2) is 18.2 Å². The van der Waals surface area contributed by atoms with Crippen molar-refractivity contribution in [3.05, 3.63) is 29.3 Å². The minimum absolute atomic E-state index is 0.253. The highest BCUT2D eigenvalue weighted by atomic mass is 32.3. The van der Waals surface area contributed by atoms with Crippen LogP contribution in [0, 0.1) is 6.92 Å². The number of halogens is 1. The zero-order valence-electron chi connectivity index (χ0n) is 11.6. The van der Waals surface area contributed by atoms with E-state index in [4.69, 9.17) is 0 Å². The molecule has 1 unspecified atom stereocenters. The van der Waals surface area contributed by atoms with Gasteiger partial charge in [-0.05, 0) is 18.6 Å². The Hall–Kier alpha value is -1.96. The van der Waals surface area contributed by atoms with Crippen molar-refractivity contribution in [2.24, 2.45) is 0 Å². The molecule has 1 aromatic carbocycles. The first-order valence-electron chi connectivity index (χ1n) is 6.31. The fourth-order valence-electron chi connectivity index (χ4n) is 2.41. The number of benzene rings is 1. The van der Waals surface area contributed by atoms with Gasteiger partial charge in [0.25, 0.3) is 5.91 Å². The average Bonchev–Trinajstić information content (AvgIpc) is 2.79. The predicted octanol–water partition coefficient (Wildman–Crippen LogP) is 0.759. The molecule has 1 atom stereocenters. The molecule has 2 amide bonds. The van der Waals surface area contributed by atoms with Crippen molar-refractivity contribution in [2.45, 2.75) is 18.6 Å². The fourth-order valence-corrected chi connectivity index (χ4v) is 3.08. The molecule has 114 valence electrons. The SMILES string of the molecule is CNC(=O)c1cccc(C)c1N1CC(S(=O)(=O)F)CC1=O. The topological polar surface area (TPSA) is 83.6 Å². The van der Waals surface area contributed by atoms with Gasteiger partial charge in [0.2, 0.25) is 5.91 Å². The Morgan fingerprint density at radius 1 is 1.43 bits per heavy atom. The molecule has 8 heteroatoms. The molecule has 2 rings (SSSR count). The van der Waals surface area contributed by atoms with Gasteiger partial charge in [-0.15, -0.1) is 3.89 Å². The molecule has 1 saturated heterocycles. The highest BCUT2D eigenvalue weighted by Gasteiger charge is 2.40. The monoisotopic (exact) mass is 314 g/mol. The van der Waals surface area contributed by atoms with Crippen LogP contribution in [0.1, 0.15) is 22.3 Å². The second-order valence-corrected chi connectivity index (χ2v) is 6.47. The van der Waals surface area contributed by atoms with Crippen molar-refractivity contribution in [3.63, 3.8) is 0 Å². The summed E-state index contributed by atoms with van der Waals surface area (Å²) in [6.45, 7) is 1.42. The lowest BCUT2D eigenvalue weighted by atomic mass is 10.1. The number of hydrogen-bond acceptors (Lipinski definition) is 4. The number of rotatable bonds is 3. The van der Waals surface area contributed by atoms with Gasteiger partial charge in [0.15, 0.2) is 0 Å². The molecular formula is C13H15FN2O4S. The van der Waals surface area contributed by atoms with E-state index in [0.29, 0.717) is 11.3 Å². The van der Waals surface area contributed by atoms with Crippen LogP contribution in [0.3, 0.4) is 0 Å². The minimum atomic E-state index is -4.79. The molecule has 0 aromatic heterocycles. The zero-order valence-corrected chi connectivity index (χ0v) is 12.4. The van der Waals surface area contributed by atoms with E-state index in [1.807, 2.05) is 0 Å². The second kappa shape index (κ2) is 5.44. The molecule has 0 saturated carbocycles. The number of nitrogens with zero attached hydrogens (tertiary/aromatic N) is 1. The molecule has 21 heavy (non-hydrogen) atoms. The first kappa shape index (κ1) is 15.4. The van der Waals surface area contributed by atoms with E-state index in [-0.39, 0.29) is 12.1 Å². The Morgan fingerprint density at radius 2 is 2.10 bits per heavy atom. The summed E-state index contributed by atoms with van der Waals surface area (Å²) in [5.41, 5.74) is 1.22. The van der Waals surface area contributed by atoms with Crippen molar-refractivity contribution in [2.75, 3.05) is 18.5 Å². The van der Waals surface area contributed by atoms with Crippen molar-refractivity contribution in [3.8, 4) is 0 Å². The maximum absolute atomic E-state index is 13.1. The molecule has 1 heterocycles. The van der Waals surface area contributed by atoms with Crippen LogP contribution < -0.4 is 10.2 Å². The van der Waals surface area contributed by atoms with Gasteiger partial charge in [0.1, 0.15) is 5.25 Å². The van der Waals surface area contributed by atoms with E-state index < -0.39 is 33.7 Å². The summed E-state index contributed by atoms with van der Waals surface area (Å²) in [6.07, 6.45) is -0.416. The van der Waals surface area contributed by atoms with Gasteiger partial charge < -0.3 is 10.2 Å². The van der Waals surface area contributed by atoms with Gasteiger partial charge in [-0.1, -0.05) is 12.1 Å². The Labute approximate surface area is 122 Å². The average molecular weight is 314 g/mol. The van der Waals surface area contributed by atoms with Crippen LogP contribution in [-0.2, 0) is 15.0 Å². The molecular weight excluding hydrogens is 299 g/mol. The third-order valence-electron chi connectivity index (χ3n) is 3.47. The van der Waals surface area contributed by atoms with E-state index in [1.54, 1.807) is 19.1 Å². The number of hydrogen-bond donors (Lipinski definition) is 1. The highest BCUT2D eigenvalue weighted by Crippen LogP contribution is 2.31. The Kier molecular flexibility index (Phi) is 3.99. The molecule has 0 spiro atoms. The van der Waals surface area contributed by atoms with Gasteiger partial charge in [-0.25, -0.2) is 0 Å². The quantitative estimate of drug-likeness (QED) is 0.835. The van der Waals surface area contributed by atoms with E-state index in [1.165, 1.54) is 18.0 Å². The van der Waals surface area contributed by atoms with Crippen LogP contribution in [-0.4, -0.2) is 39.1 Å². The number of anilines is 1. The van der Waals surface area contributed by atoms with Gasteiger partial charge in [-0.2, -0.15) is 8.42 Å². The van der Waals surface area contributed by atoms with Crippen molar-refractivity contribution in [1.82, 2.24) is 5.32 Å². The summed E-state index contributed by atoms with van der Waals surface area (Å²) >= 11 is 0. The first-order valence-corrected chi connectivity index (χ1v) is 7.76. The van der Waals surface area contributed by atoms with Crippen molar-refractivity contribution in [1.29, 1.82) is 0 Å². The molecule has 0 bridgehead atoms. The lowest BCUT2D eigenvalue weighted by Gasteiger charge is -2.21. The number of aryl methyl sites for hydroxylation is 1. The third-order valence-corrected chi connectivity index (χ3v) is 4.58. The third kappa shape index (κ3) is 2.90. The fraction of sp³-hybridized carbons (Fsp3) is 0.385. The van der Waals surface area contributed by atoms with Crippen LogP contribution in [0.2, 0.25) is 0 Å². The predicted molar refractivity (Wildman–Crippen MR) is 75.4 cm³/mol. The van der Waals surface area contributed by atoms with E-state index in [9.17, 15) is 21.9 Å². The summed E-state index contributed by atoms with van der Waals surface area (Å²) in [6, 6.07) is 4.89. The van der Waals surface area contributed by atoms with E-state index in [2.05, 4.69) is 5.32 Å². The normalized spacial score (nSPS) is 18.9. The summed E-state index contributed by atoms with van der Waals surface area (Å²) in [4.78, 5) is 25.1. The Bertz CT molecular complexity index is 702. The smallest absolute Gasteiger partial charge is 0.307 e. The first-order chi connectivity index (χ1) is 9.75. The van der Waals surface area contributed by atoms with Gasteiger partial charge in [0, 0.05) is 20.0 Å². The van der Waals surface area contributed by atoms with Crippen LogP contribution in [0.25, 0.3) is 0 Å². The number of para-hydroxylation sites is 1. The zero-order chi connectivity index (χ0) is 15.8. The van der Waals surface area contributed by atoms with Crippen LogP contribution in [0.5, 0.6) is 0 Å². The number of nitrogens with one attached hydrogen (secondary N) is 1. The van der Waals surface area contributed by atoms with Crippen molar-refractivity contribution >= 4 is 27.7 Å². The molecule has 1 fully saturated rings. The lowest BCUT2D eigenvalue weighted by molar-refractivity contribution is -0.117. The number of carbonyl (C=O) groups is 2. The van der Waals surface area contributed by atoms with E-state index >= 15 is 0 Å². The molecule has 0 radical (unpaired) electrons. The highest BCUT2D eigenvalue weighted by molar-refractivity contribution is 7.87. The Morgan fingerprint density at radius 3 is 2.62 bits per heavy atom. The second-order valence-electron chi connectivity index (χ2n) is 4.86. The van der Waals surface area contributed by atoms with Crippen LogP contribution in [0.4, 0.5) is 9.57 Å². The summed E-state index contributed by atoms with van der Waals surface area (Å²) < 4.78 is 35.1. The minimum Gasteiger partial charge on any atom is -0.355 e. The standard InChI is InChI=1S/C13H15FN2O4S/c1-8-4-3-5-10(13(18)15-2)12(8)16-7-9(6-11(16)17)21(14,19)20/h3-5,9H,6-7H2,1-2H3,(H,15,18). The summed E-state index contributed by atoms with van der Waals surface area (Å²) in [7, 11) is -3.34. The number of carbonyl (C=O) groups excluding carboxylic acids is 2. The maximum atomic E-state index is 13.1. The maximum Gasteiger partial charge on any atom is 0.307 e. The molecule has 1 aliphatic heterocycles. The molecule has 1 N–H and O–H groups in total. The van der Waals surface area contributed by atoms with Crippen LogP contribution >= 0.6 is 0 Å².